The second-order valence-corrected chi connectivity index (χ2v) is 6.82. The normalized spacial score (nSPS) is 22.8. The van der Waals surface area contributed by atoms with Gasteiger partial charge in [0.1, 0.15) is 0 Å². The fraction of sp³-hybridized carbons (Fsp3) is 0.882. The van der Waals surface area contributed by atoms with Gasteiger partial charge in [0.25, 0.3) is 0 Å². The second-order valence-electron chi connectivity index (χ2n) is 6.82. The van der Waals surface area contributed by atoms with Crippen LogP contribution in [0.3, 0.4) is 0 Å². The maximum Gasteiger partial charge on any atom is 0.224 e. The van der Waals surface area contributed by atoms with Crippen molar-refractivity contribution in [3.05, 3.63) is 0 Å². The molecule has 1 unspecified atom stereocenters. The van der Waals surface area contributed by atoms with E-state index in [0.29, 0.717) is 32.0 Å². The zero-order chi connectivity index (χ0) is 15.8. The largest absolute Gasteiger partial charge is 0.355 e. The van der Waals surface area contributed by atoms with Gasteiger partial charge in [-0.2, -0.15) is 0 Å². The fourth-order valence-electron chi connectivity index (χ4n) is 3.70. The summed E-state index contributed by atoms with van der Waals surface area (Å²) in [4.78, 5) is 26.5. The summed E-state index contributed by atoms with van der Waals surface area (Å²) >= 11 is 0. The number of rotatable bonds is 5. The molecule has 2 aliphatic rings. The molecule has 0 radical (unpaired) electrons. The Morgan fingerprint density at radius 1 is 1.04 bits per heavy atom. The van der Waals surface area contributed by atoms with Crippen LogP contribution >= 0.6 is 12.4 Å². The monoisotopic (exact) mass is 345 g/mol. The molecule has 1 aliphatic carbocycles. The molecule has 23 heavy (non-hydrogen) atoms. The summed E-state index contributed by atoms with van der Waals surface area (Å²) in [7, 11) is 0. The first-order valence-electron chi connectivity index (χ1n) is 8.96. The first-order chi connectivity index (χ1) is 10.7. The third-order valence-corrected chi connectivity index (χ3v) is 5.03. The number of nitrogens with one attached hydrogen (secondary N) is 1. The van der Waals surface area contributed by atoms with Crippen molar-refractivity contribution >= 4 is 24.2 Å². The average Bonchev–Trinajstić information content (AvgIpc) is 2.81. The number of likely N-dealkylation sites (tertiary alicyclic amines) is 1. The topological polar surface area (TPSA) is 75.4 Å². The van der Waals surface area contributed by atoms with Crippen LogP contribution in [0.4, 0.5) is 0 Å². The summed E-state index contributed by atoms with van der Waals surface area (Å²) in [5.41, 5.74) is 5.42. The molecule has 6 heteroatoms. The molecule has 2 amide bonds. The van der Waals surface area contributed by atoms with E-state index in [0.717, 1.165) is 19.4 Å². The Morgan fingerprint density at radius 3 is 2.39 bits per heavy atom. The van der Waals surface area contributed by atoms with Gasteiger partial charge in [-0.3, -0.25) is 9.59 Å². The Bertz CT molecular complexity index is 371. The van der Waals surface area contributed by atoms with E-state index in [2.05, 4.69) is 5.32 Å². The van der Waals surface area contributed by atoms with Gasteiger partial charge in [-0.25, -0.2) is 0 Å². The Balaban J connectivity index is 0.00000264. The first-order valence-corrected chi connectivity index (χ1v) is 8.96. The van der Waals surface area contributed by atoms with Gasteiger partial charge in [-0.15, -0.1) is 12.4 Å². The number of nitrogens with zero attached hydrogens (tertiary/aromatic N) is 1. The highest BCUT2D eigenvalue weighted by Gasteiger charge is 2.29. The zero-order valence-corrected chi connectivity index (χ0v) is 14.9. The predicted molar refractivity (Wildman–Crippen MR) is 94.4 cm³/mol. The summed E-state index contributed by atoms with van der Waals surface area (Å²) in [6.45, 7) is 2.38. The van der Waals surface area contributed by atoms with Crippen molar-refractivity contribution < 1.29 is 9.59 Å². The minimum absolute atomic E-state index is 0. The van der Waals surface area contributed by atoms with Crippen molar-refractivity contribution in [3.63, 3.8) is 0 Å². The Labute approximate surface area is 146 Å². The minimum atomic E-state index is -0.0571. The fourth-order valence-corrected chi connectivity index (χ4v) is 3.70. The van der Waals surface area contributed by atoms with Crippen LogP contribution in [0.2, 0.25) is 0 Å². The SMILES string of the molecule is Cl.NCCNC(=O)C1CCCN(C(=O)CC2CCCCCC2)C1. The molecule has 0 spiro atoms. The van der Waals surface area contributed by atoms with Gasteiger partial charge in [-0.1, -0.05) is 25.7 Å². The summed E-state index contributed by atoms with van der Waals surface area (Å²) < 4.78 is 0. The average molecular weight is 346 g/mol. The number of amides is 2. The lowest BCUT2D eigenvalue weighted by molar-refractivity contribution is -0.136. The number of carbonyl (C=O) groups excluding carboxylic acids is 2. The number of carbonyl (C=O) groups is 2. The molecular weight excluding hydrogens is 314 g/mol. The van der Waals surface area contributed by atoms with Crippen molar-refractivity contribution in [2.45, 2.75) is 57.8 Å². The van der Waals surface area contributed by atoms with Crippen molar-refractivity contribution in [1.82, 2.24) is 10.2 Å². The smallest absolute Gasteiger partial charge is 0.224 e. The van der Waals surface area contributed by atoms with Gasteiger partial charge in [-0.05, 0) is 31.6 Å². The van der Waals surface area contributed by atoms with E-state index in [1.54, 1.807) is 0 Å². The van der Waals surface area contributed by atoms with Crippen LogP contribution in [0.25, 0.3) is 0 Å². The zero-order valence-electron chi connectivity index (χ0n) is 14.1. The molecule has 0 aromatic heterocycles. The number of halogens is 1. The lowest BCUT2D eigenvalue weighted by atomic mass is 9.93. The third kappa shape index (κ3) is 6.68. The molecule has 1 heterocycles. The van der Waals surface area contributed by atoms with Crippen LogP contribution in [0, 0.1) is 11.8 Å². The van der Waals surface area contributed by atoms with E-state index < -0.39 is 0 Å². The predicted octanol–water partition coefficient (Wildman–Crippen LogP) is 2.08. The highest BCUT2D eigenvalue weighted by Crippen LogP contribution is 2.27. The van der Waals surface area contributed by atoms with Gasteiger partial charge in [0.15, 0.2) is 0 Å². The van der Waals surface area contributed by atoms with Crippen LogP contribution in [-0.4, -0.2) is 42.9 Å². The molecule has 1 saturated heterocycles. The van der Waals surface area contributed by atoms with Crippen molar-refractivity contribution in [3.8, 4) is 0 Å². The molecule has 2 rings (SSSR count). The molecule has 134 valence electrons. The highest BCUT2D eigenvalue weighted by molar-refractivity contribution is 5.85. The molecule has 2 fully saturated rings. The number of nitrogens with two attached hydrogens (primary N) is 1. The van der Waals surface area contributed by atoms with Gasteiger partial charge >= 0.3 is 0 Å². The van der Waals surface area contributed by atoms with E-state index in [1.165, 1.54) is 38.5 Å². The van der Waals surface area contributed by atoms with Crippen molar-refractivity contribution in [2.75, 3.05) is 26.2 Å². The summed E-state index contributed by atoms with van der Waals surface area (Å²) in [5, 5.41) is 2.85. The molecule has 0 bridgehead atoms. The van der Waals surface area contributed by atoms with E-state index in [1.807, 2.05) is 4.90 Å². The first kappa shape index (κ1) is 20.2. The van der Waals surface area contributed by atoms with Crippen LogP contribution in [0.15, 0.2) is 0 Å². The Kier molecular flexibility index (Phi) is 9.56. The second kappa shape index (κ2) is 10.9. The van der Waals surface area contributed by atoms with E-state index >= 15 is 0 Å². The molecule has 1 aliphatic heterocycles. The number of piperidine rings is 1. The van der Waals surface area contributed by atoms with Crippen LogP contribution in [0.1, 0.15) is 57.8 Å². The van der Waals surface area contributed by atoms with E-state index in [9.17, 15) is 9.59 Å². The molecule has 0 aromatic rings. The lowest BCUT2D eigenvalue weighted by Gasteiger charge is -2.33. The summed E-state index contributed by atoms with van der Waals surface area (Å²) in [5.74, 6) is 0.806. The Morgan fingerprint density at radius 2 is 1.74 bits per heavy atom. The van der Waals surface area contributed by atoms with Gasteiger partial charge in [0.05, 0.1) is 5.92 Å². The molecule has 1 atom stereocenters. The molecule has 0 aromatic carbocycles. The standard InChI is InChI=1S/C17H31N3O2.ClH/c18-9-10-19-17(22)15-8-5-11-20(13-15)16(21)12-14-6-3-1-2-4-7-14;/h14-15H,1-13,18H2,(H,19,22);1H. The summed E-state index contributed by atoms with van der Waals surface area (Å²) in [6.07, 6.45) is 10.0. The van der Waals surface area contributed by atoms with Gasteiger partial charge in [0, 0.05) is 32.6 Å². The van der Waals surface area contributed by atoms with Crippen LogP contribution < -0.4 is 11.1 Å². The summed E-state index contributed by atoms with van der Waals surface area (Å²) in [6, 6.07) is 0. The molecule has 3 N–H and O–H groups in total. The molecule has 1 saturated carbocycles. The van der Waals surface area contributed by atoms with Crippen LogP contribution in [0.5, 0.6) is 0 Å². The quantitative estimate of drug-likeness (QED) is 0.749. The maximum atomic E-state index is 12.5. The maximum absolute atomic E-state index is 12.5. The van der Waals surface area contributed by atoms with E-state index in [-0.39, 0.29) is 30.1 Å². The third-order valence-electron chi connectivity index (χ3n) is 5.03. The van der Waals surface area contributed by atoms with Gasteiger partial charge in [0.2, 0.25) is 11.8 Å². The number of hydrogen-bond acceptors (Lipinski definition) is 3. The van der Waals surface area contributed by atoms with Gasteiger partial charge < -0.3 is 16.0 Å². The van der Waals surface area contributed by atoms with Crippen molar-refractivity contribution in [2.24, 2.45) is 17.6 Å². The Hall–Kier alpha value is -0.810. The number of hydrogen-bond donors (Lipinski definition) is 2. The minimum Gasteiger partial charge on any atom is -0.355 e. The lowest BCUT2D eigenvalue weighted by Crippen LogP contribution is -2.46. The molecular formula is C17H32ClN3O2. The highest BCUT2D eigenvalue weighted by atomic mass is 35.5. The van der Waals surface area contributed by atoms with Crippen LogP contribution in [-0.2, 0) is 9.59 Å². The molecule has 5 nitrogen and oxygen atoms in total. The van der Waals surface area contributed by atoms with Crippen molar-refractivity contribution in [1.29, 1.82) is 0 Å². The van der Waals surface area contributed by atoms with E-state index in [4.69, 9.17) is 5.73 Å².